The molecule has 0 atom stereocenters. The van der Waals surface area contributed by atoms with Crippen LogP contribution in [-0.4, -0.2) is 34.6 Å². The number of ether oxygens (including phenoxy) is 2. The van der Waals surface area contributed by atoms with Crippen molar-refractivity contribution < 1.29 is 22.7 Å². The number of rotatable bonds is 12. The van der Waals surface area contributed by atoms with Gasteiger partial charge in [-0.2, -0.15) is 0 Å². The van der Waals surface area contributed by atoms with Gasteiger partial charge in [-0.1, -0.05) is 32.1 Å². The van der Waals surface area contributed by atoms with E-state index in [0.29, 0.717) is 40.8 Å². The summed E-state index contributed by atoms with van der Waals surface area (Å²) in [7, 11) is -1.90. The van der Waals surface area contributed by atoms with Gasteiger partial charge in [-0.05, 0) is 48.2 Å². The summed E-state index contributed by atoms with van der Waals surface area (Å²) in [6.07, 6.45) is 2.41. The summed E-state index contributed by atoms with van der Waals surface area (Å²) < 4.78 is 37.4. The van der Waals surface area contributed by atoms with Crippen LogP contribution in [0.3, 0.4) is 0 Å². The van der Waals surface area contributed by atoms with E-state index in [4.69, 9.17) is 9.47 Å². The Labute approximate surface area is 184 Å². The Kier molecular flexibility index (Phi) is 9.08. The zero-order valence-electron chi connectivity index (χ0n) is 18.2. The molecule has 31 heavy (non-hydrogen) atoms. The molecule has 0 aliphatic rings. The van der Waals surface area contributed by atoms with Crippen LogP contribution in [0.4, 0.5) is 5.69 Å². The maximum absolute atomic E-state index is 12.6. The monoisotopic (exact) mass is 446 g/mol. The number of hydrogen-bond donors (Lipinski definition) is 2. The van der Waals surface area contributed by atoms with Crippen LogP contribution in [0.1, 0.15) is 36.2 Å². The van der Waals surface area contributed by atoms with Gasteiger partial charge in [0, 0.05) is 17.8 Å². The van der Waals surface area contributed by atoms with E-state index in [1.807, 2.05) is 0 Å². The first-order chi connectivity index (χ1) is 14.7. The number of hydrogen-bond acceptors (Lipinski definition) is 5. The van der Waals surface area contributed by atoms with Crippen molar-refractivity contribution in [2.24, 2.45) is 5.92 Å². The highest BCUT2D eigenvalue weighted by Crippen LogP contribution is 2.29. The molecule has 168 valence electrons. The lowest BCUT2D eigenvalue weighted by Crippen LogP contribution is -2.25. The summed E-state index contributed by atoms with van der Waals surface area (Å²) in [5.41, 5.74) is 1.59. The molecule has 0 fully saturated rings. The van der Waals surface area contributed by atoms with E-state index in [2.05, 4.69) is 30.5 Å². The average molecular weight is 447 g/mol. The molecular formula is C23H30N2O5S. The normalized spacial score (nSPS) is 11.2. The quantitative estimate of drug-likeness (QED) is 0.481. The summed E-state index contributed by atoms with van der Waals surface area (Å²) in [4.78, 5) is 12.6. The second kappa shape index (κ2) is 11.5. The minimum absolute atomic E-state index is 0.148. The van der Waals surface area contributed by atoms with Gasteiger partial charge in [-0.25, -0.2) is 13.1 Å². The fourth-order valence-corrected chi connectivity index (χ4v) is 3.78. The van der Waals surface area contributed by atoms with E-state index in [0.717, 1.165) is 6.42 Å². The van der Waals surface area contributed by atoms with Crippen LogP contribution in [0.2, 0.25) is 0 Å². The van der Waals surface area contributed by atoms with Crippen LogP contribution >= 0.6 is 0 Å². The van der Waals surface area contributed by atoms with E-state index in [1.54, 1.807) is 42.5 Å². The zero-order valence-corrected chi connectivity index (χ0v) is 19.0. The summed E-state index contributed by atoms with van der Waals surface area (Å²) in [5.74, 6) is 1.16. The molecule has 0 saturated carbocycles. The van der Waals surface area contributed by atoms with Crippen LogP contribution < -0.4 is 19.5 Å². The molecule has 0 aliphatic carbocycles. The molecule has 0 aliphatic heterocycles. The van der Waals surface area contributed by atoms with E-state index >= 15 is 0 Å². The lowest BCUT2D eigenvalue weighted by Gasteiger charge is -2.13. The van der Waals surface area contributed by atoms with Crippen LogP contribution in [0.5, 0.6) is 11.5 Å². The highest BCUT2D eigenvalue weighted by molar-refractivity contribution is 7.88. The second-order valence-corrected chi connectivity index (χ2v) is 9.25. The predicted octanol–water partition coefficient (Wildman–Crippen LogP) is 3.98. The number of nitrogens with one attached hydrogen (secondary N) is 2. The van der Waals surface area contributed by atoms with Gasteiger partial charge < -0.3 is 14.8 Å². The summed E-state index contributed by atoms with van der Waals surface area (Å²) in [5, 5.41) is 2.80. The van der Waals surface area contributed by atoms with Gasteiger partial charge in [0.1, 0.15) is 0 Å². The highest BCUT2D eigenvalue weighted by atomic mass is 32.2. The number of benzene rings is 2. The topological polar surface area (TPSA) is 93.7 Å². The average Bonchev–Trinajstić information content (AvgIpc) is 2.73. The number of sulfonamides is 1. The summed E-state index contributed by atoms with van der Waals surface area (Å²) in [6, 6.07) is 11.7. The molecule has 0 saturated heterocycles. The number of amides is 1. The van der Waals surface area contributed by atoms with Crippen molar-refractivity contribution in [1.82, 2.24) is 4.72 Å². The molecule has 2 aromatic carbocycles. The third kappa shape index (κ3) is 8.07. The van der Waals surface area contributed by atoms with Crippen molar-refractivity contribution in [2.75, 3.05) is 25.6 Å². The first kappa shape index (κ1) is 24.4. The molecule has 1 amide bonds. The lowest BCUT2D eigenvalue weighted by molar-refractivity contribution is 0.102. The van der Waals surface area contributed by atoms with Crippen molar-refractivity contribution in [3.8, 4) is 11.5 Å². The smallest absolute Gasteiger partial charge is 0.255 e. The van der Waals surface area contributed by atoms with Crippen molar-refractivity contribution >= 4 is 21.6 Å². The number of anilines is 1. The van der Waals surface area contributed by atoms with Crippen LogP contribution in [-0.2, 0) is 15.8 Å². The van der Waals surface area contributed by atoms with Gasteiger partial charge in [-0.3, -0.25) is 4.79 Å². The second-order valence-electron chi connectivity index (χ2n) is 7.44. The standard InChI is InChI=1S/C23H30N2O5S/c1-5-13-24-31(27,28)16-18-6-9-20(10-7-18)25-23(26)19-8-11-21(22(15-19)29-4)30-14-12-17(2)3/h5-11,15,17,24H,1,12-14,16H2,2-4H3,(H,25,26). The van der Waals surface area contributed by atoms with E-state index in [9.17, 15) is 13.2 Å². The molecular weight excluding hydrogens is 416 g/mol. The van der Waals surface area contributed by atoms with Gasteiger partial charge in [-0.15, -0.1) is 6.58 Å². The Morgan fingerprint density at radius 3 is 2.45 bits per heavy atom. The van der Waals surface area contributed by atoms with Crippen molar-refractivity contribution in [3.05, 3.63) is 66.2 Å². The molecule has 0 heterocycles. The third-order valence-electron chi connectivity index (χ3n) is 4.39. The molecule has 0 bridgehead atoms. The zero-order chi connectivity index (χ0) is 22.9. The van der Waals surface area contributed by atoms with E-state index < -0.39 is 10.0 Å². The van der Waals surface area contributed by atoms with Gasteiger partial charge in [0.05, 0.1) is 19.5 Å². The molecule has 2 N–H and O–H groups in total. The molecule has 0 unspecified atom stereocenters. The Bertz CT molecular complexity index is 986. The fraction of sp³-hybridized carbons (Fsp3) is 0.348. The Balaban J connectivity index is 2.01. The maximum atomic E-state index is 12.6. The van der Waals surface area contributed by atoms with E-state index in [-0.39, 0.29) is 18.2 Å². The lowest BCUT2D eigenvalue weighted by atomic mass is 10.1. The Morgan fingerprint density at radius 2 is 1.84 bits per heavy atom. The first-order valence-corrected chi connectivity index (χ1v) is 11.7. The minimum atomic E-state index is -3.43. The van der Waals surface area contributed by atoms with E-state index in [1.165, 1.54) is 13.2 Å². The maximum Gasteiger partial charge on any atom is 0.255 e. The van der Waals surface area contributed by atoms with Gasteiger partial charge in [0.25, 0.3) is 5.91 Å². The Hall–Kier alpha value is -2.84. The predicted molar refractivity (Wildman–Crippen MR) is 123 cm³/mol. The highest BCUT2D eigenvalue weighted by Gasteiger charge is 2.13. The van der Waals surface area contributed by atoms with Crippen molar-refractivity contribution in [2.45, 2.75) is 26.0 Å². The fourth-order valence-electron chi connectivity index (χ4n) is 2.68. The third-order valence-corrected chi connectivity index (χ3v) is 5.71. The van der Waals surface area contributed by atoms with Crippen molar-refractivity contribution in [1.29, 1.82) is 0 Å². The first-order valence-electron chi connectivity index (χ1n) is 10.0. The Morgan fingerprint density at radius 1 is 1.13 bits per heavy atom. The van der Waals surface area contributed by atoms with Crippen LogP contribution in [0.15, 0.2) is 55.1 Å². The summed E-state index contributed by atoms with van der Waals surface area (Å²) in [6.45, 7) is 8.49. The number of carbonyl (C=O) groups excluding carboxylic acids is 1. The van der Waals surface area contributed by atoms with Crippen LogP contribution in [0, 0.1) is 5.92 Å². The molecule has 7 nitrogen and oxygen atoms in total. The van der Waals surface area contributed by atoms with Crippen molar-refractivity contribution in [3.63, 3.8) is 0 Å². The number of methoxy groups -OCH3 is 1. The molecule has 0 spiro atoms. The molecule has 0 radical (unpaired) electrons. The largest absolute Gasteiger partial charge is 0.493 e. The molecule has 2 aromatic rings. The summed E-state index contributed by atoms with van der Waals surface area (Å²) >= 11 is 0. The molecule has 2 rings (SSSR count). The number of carbonyl (C=O) groups is 1. The van der Waals surface area contributed by atoms with Gasteiger partial charge >= 0.3 is 0 Å². The molecule has 0 aromatic heterocycles. The SMILES string of the molecule is C=CCNS(=O)(=O)Cc1ccc(NC(=O)c2ccc(OCCC(C)C)c(OC)c2)cc1. The van der Waals surface area contributed by atoms with Crippen LogP contribution in [0.25, 0.3) is 0 Å². The minimum Gasteiger partial charge on any atom is -0.493 e. The molecule has 8 heteroatoms. The van der Waals surface area contributed by atoms with Gasteiger partial charge in [0.15, 0.2) is 11.5 Å². The van der Waals surface area contributed by atoms with Gasteiger partial charge in [0.2, 0.25) is 10.0 Å².